The second kappa shape index (κ2) is 11.6. The number of carbonyl (C=O) groups is 3. The average molecular weight is 531 g/mol. The highest BCUT2D eigenvalue weighted by Crippen LogP contribution is 2.35. The minimum absolute atomic E-state index is 0.0140. The lowest BCUT2D eigenvalue weighted by molar-refractivity contribution is -0.132. The van der Waals surface area contributed by atoms with E-state index in [4.69, 9.17) is 9.73 Å². The molecule has 8 nitrogen and oxygen atoms in total. The van der Waals surface area contributed by atoms with E-state index in [2.05, 4.69) is 5.32 Å². The second-order valence-electron chi connectivity index (χ2n) is 11.4. The topological polar surface area (TPSA) is 91.3 Å². The van der Waals surface area contributed by atoms with Crippen LogP contribution < -0.4 is 10.2 Å². The van der Waals surface area contributed by atoms with Crippen LogP contribution >= 0.6 is 0 Å². The molecule has 3 aliphatic heterocycles. The quantitative estimate of drug-likeness (QED) is 0.587. The molecule has 8 heteroatoms. The molecule has 3 heterocycles. The van der Waals surface area contributed by atoms with Crippen molar-refractivity contribution >= 4 is 29.3 Å². The first kappa shape index (κ1) is 26.9. The summed E-state index contributed by atoms with van der Waals surface area (Å²) in [5, 5.41) is 2.67. The van der Waals surface area contributed by atoms with Crippen molar-refractivity contribution in [2.24, 2.45) is 22.7 Å². The van der Waals surface area contributed by atoms with Crippen LogP contribution in [0, 0.1) is 24.7 Å². The third-order valence-electron chi connectivity index (χ3n) is 8.14. The number of hydrogen-bond donors (Lipinski definition) is 1. The number of alkyl carbamates (subject to hydrolysis) is 1. The van der Waals surface area contributed by atoms with Crippen LogP contribution in [0.5, 0.6) is 0 Å². The van der Waals surface area contributed by atoms with Crippen LogP contribution in [0.15, 0.2) is 53.5 Å². The Bertz CT molecular complexity index is 1240. The van der Waals surface area contributed by atoms with Crippen LogP contribution in [0.2, 0.25) is 0 Å². The molecule has 3 amide bonds. The maximum atomic E-state index is 14.0. The Morgan fingerprint density at radius 3 is 2.31 bits per heavy atom. The molecule has 3 fully saturated rings. The molecule has 2 aromatic rings. The lowest BCUT2D eigenvalue weighted by atomic mass is 9.84. The summed E-state index contributed by atoms with van der Waals surface area (Å²) in [6.07, 6.45) is 2.74. The molecule has 1 atom stereocenters. The summed E-state index contributed by atoms with van der Waals surface area (Å²) in [6.45, 7) is 7.44. The Labute approximate surface area is 230 Å². The number of carbonyl (C=O) groups excluding carboxylic acids is 3. The van der Waals surface area contributed by atoms with Crippen molar-refractivity contribution in [1.82, 2.24) is 10.2 Å². The number of nitrogens with one attached hydrogen (secondary N) is 1. The first-order chi connectivity index (χ1) is 18.8. The number of nitrogens with zero attached hydrogens (tertiary/aromatic N) is 3. The number of hydrogen-bond acceptors (Lipinski definition) is 5. The zero-order chi connectivity index (χ0) is 27.5. The number of anilines is 1. The first-order valence-electron chi connectivity index (χ1n) is 14.0. The number of rotatable bonds is 6. The van der Waals surface area contributed by atoms with Crippen molar-refractivity contribution < 1.29 is 19.1 Å². The van der Waals surface area contributed by atoms with Crippen LogP contribution in [0.25, 0.3) is 0 Å². The van der Waals surface area contributed by atoms with Crippen LogP contribution in [-0.4, -0.2) is 54.3 Å². The van der Waals surface area contributed by atoms with E-state index >= 15 is 0 Å². The monoisotopic (exact) mass is 530 g/mol. The molecular weight excluding hydrogens is 492 g/mol. The highest BCUT2D eigenvalue weighted by Gasteiger charge is 2.38. The predicted octanol–water partition coefficient (Wildman–Crippen LogP) is 4.69. The van der Waals surface area contributed by atoms with Gasteiger partial charge in [0.2, 0.25) is 12.1 Å². The molecule has 2 aromatic carbocycles. The smallest absolute Gasteiger partial charge is 0.409 e. The normalized spacial score (nSPS) is 22.6. The molecule has 1 unspecified atom stereocenters. The van der Waals surface area contributed by atoms with Crippen LogP contribution in [-0.2, 0) is 20.9 Å². The van der Waals surface area contributed by atoms with Gasteiger partial charge in [0.25, 0.3) is 5.91 Å². The molecule has 206 valence electrons. The summed E-state index contributed by atoms with van der Waals surface area (Å²) < 4.78 is 5.41. The number of aliphatic imine (C=N–C) groups is 1. The predicted molar refractivity (Wildman–Crippen MR) is 150 cm³/mol. The molecule has 1 saturated carbocycles. The lowest BCUT2D eigenvalue weighted by Gasteiger charge is -2.30. The van der Waals surface area contributed by atoms with Gasteiger partial charge in [-0.05, 0) is 61.5 Å². The molecule has 1 aliphatic carbocycles. The van der Waals surface area contributed by atoms with Crippen LogP contribution in [0.3, 0.4) is 0 Å². The maximum Gasteiger partial charge on any atom is 0.409 e. The Kier molecular flexibility index (Phi) is 8.00. The van der Waals surface area contributed by atoms with Gasteiger partial charge in [0.15, 0.2) is 0 Å². The van der Waals surface area contributed by atoms with Crippen molar-refractivity contribution in [3.05, 3.63) is 65.2 Å². The molecule has 2 bridgehead atoms. The Hall–Kier alpha value is -3.68. The van der Waals surface area contributed by atoms with Crippen molar-refractivity contribution in [3.8, 4) is 0 Å². The minimum atomic E-state index is -1.20. The zero-order valence-corrected chi connectivity index (χ0v) is 23.1. The van der Waals surface area contributed by atoms with Crippen molar-refractivity contribution in [3.63, 3.8) is 0 Å². The first-order valence-corrected chi connectivity index (χ1v) is 14.0. The lowest BCUT2D eigenvalue weighted by Crippen LogP contribution is -2.51. The fraction of sp³-hybridized carbons (Fsp3) is 0.484. The number of para-hydroxylation sites is 1. The van der Waals surface area contributed by atoms with Gasteiger partial charge in [-0.25, -0.2) is 4.79 Å². The molecule has 1 N–H and O–H groups in total. The third-order valence-corrected chi connectivity index (χ3v) is 8.14. The summed E-state index contributed by atoms with van der Waals surface area (Å²) in [6, 6.07) is 15.2. The van der Waals surface area contributed by atoms with Gasteiger partial charge < -0.3 is 9.64 Å². The van der Waals surface area contributed by atoms with E-state index < -0.39 is 18.2 Å². The van der Waals surface area contributed by atoms with E-state index in [1.54, 1.807) is 0 Å². The van der Waals surface area contributed by atoms with Gasteiger partial charge in [0, 0.05) is 24.4 Å². The highest BCUT2D eigenvalue weighted by molar-refractivity contribution is 6.15. The largest absolute Gasteiger partial charge is 0.445 e. The van der Waals surface area contributed by atoms with E-state index in [0.29, 0.717) is 23.2 Å². The van der Waals surface area contributed by atoms with Crippen molar-refractivity contribution in [2.75, 3.05) is 24.5 Å². The highest BCUT2D eigenvalue weighted by atomic mass is 16.5. The molecule has 39 heavy (non-hydrogen) atoms. The number of ether oxygens (including phenoxy) is 1. The molecule has 2 saturated heterocycles. The summed E-state index contributed by atoms with van der Waals surface area (Å²) in [5.74, 6) is 0.552. The molecule has 0 aromatic heterocycles. The molecule has 4 aliphatic rings. The van der Waals surface area contributed by atoms with Gasteiger partial charge in [-0.1, -0.05) is 62.4 Å². The number of aryl methyl sites for hydroxylation is 1. The number of benzodiazepines with no additional fused rings is 1. The van der Waals surface area contributed by atoms with Gasteiger partial charge in [0.05, 0.1) is 5.69 Å². The standard InChI is InChI=1S/C31H38N4O4/c1-20(2)27-25-11-7-8-21(3)28(25)35(18-26(36)34-16-22-12-13-23(17-34)15-14-22)30(37)29(32-27)33-31(38)39-19-24-9-5-4-6-10-24/h4-11,20,22-23,29H,12-19H2,1-3H3,(H,33,38). The number of amides is 3. The number of benzene rings is 2. The van der Waals surface area contributed by atoms with Gasteiger partial charge in [-0.15, -0.1) is 0 Å². The Morgan fingerprint density at radius 1 is 1.00 bits per heavy atom. The van der Waals surface area contributed by atoms with E-state index in [1.165, 1.54) is 30.6 Å². The molecular formula is C31H38N4O4. The van der Waals surface area contributed by atoms with Crippen molar-refractivity contribution in [2.45, 2.75) is 59.2 Å². The maximum absolute atomic E-state index is 14.0. The van der Waals surface area contributed by atoms with Gasteiger partial charge in [-0.2, -0.15) is 0 Å². The van der Waals surface area contributed by atoms with Crippen molar-refractivity contribution in [1.29, 1.82) is 0 Å². The summed E-state index contributed by atoms with van der Waals surface area (Å²) >= 11 is 0. The Balaban J connectivity index is 1.42. The van der Waals surface area contributed by atoms with Gasteiger partial charge in [0.1, 0.15) is 13.2 Å². The zero-order valence-electron chi connectivity index (χ0n) is 23.1. The molecule has 6 rings (SSSR count). The van der Waals surface area contributed by atoms with Gasteiger partial charge in [-0.3, -0.25) is 24.8 Å². The fourth-order valence-corrected chi connectivity index (χ4v) is 6.07. The Morgan fingerprint density at radius 2 is 1.67 bits per heavy atom. The second-order valence-corrected chi connectivity index (χ2v) is 11.4. The molecule has 0 spiro atoms. The van der Waals surface area contributed by atoms with Crippen LogP contribution in [0.1, 0.15) is 56.2 Å². The van der Waals surface area contributed by atoms with E-state index in [-0.39, 0.29) is 25.0 Å². The fourth-order valence-electron chi connectivity index (χ4n) is 6.07. The summed E-state index contributed by atoms with van der Waals surface area (Å²) in [7, 11) is 0. The SMILES string of the molecule is Cc1cccc2c1N(CC(=O)N1CC3CCC(CC3)C1)C(=O)C(NC(=O)OCc1ccccc1)N=C2C(C)C. The van der Waals surface area contributed by atoms with E-state index in [1.807, 2.05) is 74.2 Å². The van der Waals surface area contributed by atoms with Gasteiger partial charge >= 0.3 is 6.09 Å². The summed E-state index contributed by atoms with van der Waals surface area (Å²) in [4.78, 5) is 48.8. The third kappa shape index (κ3) is 6.00. The van der Waals surface area contributed by atoms with Crippen LogP contribution in [0.4, 0.5) is 10.5 Å². The summed E-state index contributed by atoms with van der Waals surface area (Å²) in [5.41, 5.74) is 3.92. The van der Waals surface area contributed by atoms with E-state index in [9.17, 15) is 14.4 Å². The van der Waals surface area contributed by atoms with E-state index in [0.717, 1.165) is 29.8 Å². The average Bonchev–Trinajstić information content (AvgIpc) is 3.31. The molecule has 0 radical (unpaired) electrons. The number of fused-ring (bicyclic) bond motifs is 5. The minimum Gasteiger partial charge on any atom is -0.445 e.